The predicted octanol–water partition coefficient (Wildman–Crippen LogP) is 1.75. The molecular formula is C20H23N3O6S. The molecular weight excluding hydrogens is 410 g/mol. The van der Waals surface area contributed by atoms with Gasteiger partial charge < -0.3 is 19.2 Å². The van der Waals surface area contributed by atoms with Gasteiger partial charge in [-0.1, -0.05) is 22.9 Å². The van der Waals surface area contributed by atoms with Crippen LogP contribution in [0.3, 0.4) is 0 Å². The van der Waals surface area contributed by atoms with Crippen LogP contribution in [-0.4, -0.2) is 46.3 Å². The third-order valence-electron chi connectivity index (χ3n) is 5.08. The van der Waals surface area contributed by atoms with Crippen LogP contribution in [0.2, 0.25) is 0 Å². The molecule has 1 aromatic carbocycles. The topological polar surface area (TPSA) is 130 Å². The maximum absolute atomic E-state index is 12.6. The molecule has 0 saturated carbocycles. The molecule has 2 aromatic heterocycles. The van der Waals surface area contributed by atoms with Gasteiger partial charge in [-0.3, -0.25) is 4.90 Å². The van der Waals surface area contributed by atoms with Crippen molar-refractivity contribution in [3.63, 3.8) is 0 Å². The lowest BCUT2D eigenvalue weighted by atomic mass is 10.2. The molecule has 1 aliphatic heterocycles. The molecule has 3 heterocycles. The van der Waals surface area contributed by atoms with Gasteiger partial charge in [0, 0.05) is 6.54 Å². The van der Waals surface area contributed by atoms with E-state index in [9.17, 15) is 13.5 Å². The smallest absolute Gasteiger partial charge is 0.244 e. The Morgan fingerprint density at radius 1 is 1.17 bits per heavy atom. The lowest BCUT2D eigenvalue weighted by Crippen LogP contribution is -2.24. The molecule has 0 bridgehead atoms. The number of nitrogens with zero attached hydrogens (tertiary/aromatic N) is 3. The van der Waals surface area contributed by atoms with Gasteiger partial charge in [-0.15, -0.1) is 0 Å². The van der Waals surface area contributed by atoms with E-state index >= 15 is 0 Å². The van der Waals surface area contributed by atoms with E-state index in [4.69, 9.17) is 14.0 Å². The van der Waals surface area contributed by atoms with E-state index in [0.717, 1.165) is 5.56 Å². The zero-order chi connectivity index (χ0) is 21.3. The molecule has 30 heavy (non-hydrogen) atoms. The van der Waals surface area contributed by atoms with Crippen molar-refractivity contribution >= 4 is 9.84 Å². The van der Waals surface area contributed by atoms with Crippen LogP contribution in [0.15, 0.2) is 50.2 Å². The van der Waals surface area contributed by atoms with Gasteiger partial charge in [0.05, 0.1) is 23.6 Å². The first kappa shape index (κ1) is 20.7. The number of aliphatic hydroxyl groups is 2. The largest absolute Gasteiger partial charge is 0.462 e. The summed E-state index contributed by atoms with van der Waals surface area (Å²) in [6.07, 6.45) is -0.186. The Kier molecular flexibility index (Phi) is 5.74. The highest BCUT2D eigenvalue weighted by Crippen LogP contribution is 2.33. The van der Waals surface area contributed by atoms with E-state index in [0.29, 0.717) is 31.0 Å². The molecule has 10 heteroatoms. The average Bonchev–Trinajstić information content (AvgIpc) is 3.42. The summed E-state index contributed by atoms with van der Waals surface area (Å²) in [5.74, 6) is 1.07. The first-order chi connectivity index (χ1) is 14.3. The van der Waals surface area contributed by atoms with E-state index in [1.165, 1.54) is 0 Å². The van der Waals surface area contributed by atoms with Crippen molar-refractivity contribution in [2.24, 2.45) is 0 Å². The Labute approximate surface area is 173 Å². The highest BCUT2D eigenvalue weighted by atomic mass is 32.2. The highest BCUT2D eigenvalue weighted by molar-refractivity contribution is 7.90. The van der Waals surface area contributed by atoms with Gasteiger partial charge in [0.2, 0.25) is 5.89 Å². The minimum absolute atomic E-state index is 0.0764. The average molecular weight is 433 g/mol. The number of hydrogen-bond acceptors (Lipinski definition) is 9. The maximum Gasteiger partial charge on any atom is 0.244 e. The number of rotatable bonds is 7. The van der Waals surface area contributed by atoms with Crippen molar-refractivity contribution in [1.82, 2.24) is 15.0 Å². The van der Waals surface area contributed by atoms with Crippen LogP contribution in [0.25, 0.3) is 0 Å². The van der Waals surface area contributed by atoms with Crippen molar-refractivity contribution in [1.29, 1.82) is 0 Å². The number of β-amino-alcohol motifs (C(OH)–C–C–N with tert-alkyl or cyclic N) is 1. The molecule has 4 rings (SSSR count). The summed E-state index contributed by atoms with van der Waals surface area (Å²) in [7, 11) is -3.60. The number of sulfone groups is 1. The van der Waals surface area contributed by atoms with Crippen molar-refractivity contribution in [2.45, 2.75) is 49.3 Å². The second-order valence-electron chi connectivity index (χ2n) is 7.48. The fraction of sp³-hybridized carbons (Fsp3) is 0.400. The molecule has 0 radical (unpaired) electrons. The number of aryl methyl sites for hydroxylation is 1. The van der Waals surface area contributed by atoms with Gasteiger partial charge in [-0.25, -0.2) is 8.42 Å². The molecule has 2 atom stereocenters. The molecule has 9 nitrogen and oxygen atoms in total. The van der Waals surface area contributed by atoms with Crippen molar-refractivity contribution in [3.05, 3.63) is 65.2 Å². The van der Waals surface area contributed by atoms with E-state index in [1.807, 2.05) is 11.8 Å². The monoisotopic (exact) mass is 433 g/mol. The molecule has 160 valence electrons. The summed E-state index contributed by atoms with van der Waals surface area (Å²) in [5, 5.41) is 23.1. The summed E-state index contributed by atoms with van der Waals surface area (Å²) in [5.41, 5.74) is 0.971. The lowest BCUT2D eigenvalue weighted by Gasteiger charge is -2.19. The summed E-state index contributed by atoms with van der Waals surface area (Å²) < 4.78 is 36.1. The Morgan fingerprint density at radius 2 is 1.90 bits per heavy atom. The molecule has 0 amide bonds. The van der Waals surface area contributed by atoms with Gasteiger partial charge in [-0.05, 0) is 37.6 Å². The molecule has 1 fully saturated rings. The standard InChI is InChI=1S/C20H23N3O6S/c1-13-2-6-17(7-3-13)30(26,27)12-19-21-20(29-22-19)18-8-14(25)9-23(18)10-15-4-5-16(11-24)28-15/h2-7,14,18,24-25H,8-12H2,1H3/t14-,18+/m1/s1. The second kappa shape index (κ2) is 8.31. The number of likely N-dealkylation sites (tertiary alicyclic amines) is 1. The second-order valence-corrected chi connectivity index (χ2v) is 9.47. The van der Waals surface area contributed by atoms with E-state index in [-0.39, 0.29) is 35.0 Å². The Bertz CT molecular complexity index is 1110. The van der Waals surface area contributed by atoms with Crippen LogP contribution < -0.4 is 0 Å². The summed E-state index contributed by atoms with van der Waals surface area (Å²) >= 11 is 0. The number of furan rings is 1. The normalized spacial score (nSPS) is 20.1. The van der Waals surface area contributed by atoms with Gasteiger partial charge >= 0.3 is 0 Å². The third kappa shape index (κ3) is 4.46. The fourth-order valence-electron chi connectivity index (χ4n) is 3.56. The highest BCUT2D eigenvalue weighted by Gasteiger charge is 2.36. The molecule has 0 spiro atoms. The van der Waals surface area contributed by atoms with Crippen molar-refractivity contribution < 1.29 is 27.6 Å². The van der Waals surface area contributed by atoms with Gasteiger partial charge in [0.1, 0.15) is 23.9 Å². The minimum Gasteiger partial charge on any atom is -0.462 e. The third-order valence-corrected chi connectivity index (χ3v) is 6.71. The van der Waals surface area contributed by atoms with Crippen LogP contribution >= 0.6 is 0 Å². The molecule has 1 saturated heterocycles. The lowest BCUT2D eigenvalue weighted by molar-refractivity contribution is 0.160. The molecule has 2 N–H and O–H groups in total. The Hall–Kier alpha value is -2.53. The zero-order valence-corrected chi connectivity index (χ0v) is 17.2. The van der Waals surface area contributed by atoms with Gasteiger partial charge in [0.15, 0.2) is 15.7 Å². The van der Waals surface area contributed by atoms with Crippen LogP contribution in [0.4, 0.5) is 0 Å². The quantitative estimate of drug-likeness (QED) is 0.572. The maximum atomic E-state index is 12.6. The van der Waals surface area contributed by atoms with Gasteiger partial charge in [0.25, 0.3) is 0 Å². The van der Waals surface area contributed by atoms with Crippen LogP contribution in [0.5, 0.6) is 0 Å². The van der Waals surface area contributed by atoms with E-state index in [1.54, 1.807) is 36.4 Å². The van der Waals surface area contributed by atoms with E-state index < -0.39 is 15.9 Å². The minimum atomic E-state index is -3.60. The first-order valence-corrected chi connectivity index (χ1v) is 11.2. The predicted molar refractivity (Wildman–Crippen MR) is 105 cm³/mol. The van der Waals surface area contributed by atoms with Crippen LogP contribution in [0, 0.1) is 6.92 Å². The Balaban J connectivity index is 1.49. The van der Waals surface area contributed by atoms with Crippen LogP contribution in [0.1, 0.15) is 41.3 Å². The summed E-state index contributed by atoms with van der Waals surface area (Å²) in [6, 6.07) is 9.70. The Morgan fingerprint density at radius 3 is 2.60 bits per heavy atom. The van der Waals surface area contributed by atoms with Crippen molar-refractivity contribution in [2.75, 3.05) is 6.54 Å². The zero-order valence-electron chi connectivity index (χ0n) is 16.4. The first-order valence-electron chi connectivity index (χ1n) is 9.56. The molecule has 0 aliphatic carbocycles. The summed E-state index contributed by atoms with van der Waals surface area (Å²) in [6.45, 7) is 2.48. The molecule has 1 aliphatic rings. The van der Waals surface area contributed by atoms with Crippen molar-refractivity contribution in [3.8, 4) is 0 Å². The SMILES string of the molecule is Cc1ccc(S(=O)(=O)Cc2noc([C@@H]3C[C@@H](O)CN3Cc3ccc(CO)o3)n2)cc1. The van der Waals surface area contributed by atoms with Crippen LogP contribution in [-0.2, 0) is 28.7 Å². The number of hydrogen-bond donors (Lipinski definition) is 2. The number of aromatic nitrogens is 2. The number of aliphatic hydroxyl groups excluding tert-OH is 2. The van der Waals surface area contributed by atoms with E-state index in [2.05, 4.69) is 10.1 Å². The molecule has 3 aromatic rings. The molecule has 0 unspecified atom stereocenters. The fourth-order valence-corrected chi connectivity index (χ4v) is 4.74. The number of benzene rings is 1. The van der Waals surface area contributed by atoms with Gasteiger partial charge in [-0.2, -0.15) is 4.98 Å². The summed E-state index contributed by atoms with van der Waals surface area (Å²) in [4.78, 5) is 6.42.